The van der Waals surface area contributed by atoms with E-state index in [2.05, 4.69) is 43.1 Å². The summed E-state index contributed by atoms with van der Waals surface area (Å²) in [7, 11) is 0. The number of nitrogens with one attached hydrogen (secondary N) is 1. The molecule has 2 fully saturated rings. The third kappa shape index (κ3) is 6.56. The van der Waals surface area contributed by atoms with Crippen LogP contribution in [0.1, 0.15) is 58.4 Å². The van der Waals surface area contributed by atoms with Crippen molar-refractivity contribution in [1.29, 1.82) is 0 Å². The number of benzene rings is 1. The van der Waals surface area contributed by atoms with Crippen LogP contribution < -0.4 is 5.32 Å². The van der Waals surface area contributed by atoms with Gasteiger partial charge in [-0.05, 0) is 36.2 Å². The van der Waals surface area contributed by atoms with Crippen LogP contribution >= 0.6 is 0 Å². The lowest BCUT2D eigenvalue weighted by atomic mass is 9.91. The summed E-state index contributed by atoms with van der Waals surface area (Å²) >= 11 is 0. The highest BCUT2D eigenvalue weighted by atomic mass is 16.2. The topological polar surface area (TPSA) is 52.7 Å². The molecule has 1 heterocycles. The first-order chi connectivity index (χ1) is 14.3. The molecule has 0 radical (unpaired) electrons. The number of piperazine rings is 1. The van der Waals surface area contributed by atoms with Gasteiger partial charge in [0, 0.05) is 39.1 Å². The second-order valence-corrected chi connectivity index (χ2v) is 10.2. The van der Waals surface area contributed by atoms with E-state index in [-0.39, 0.29) is 23.3 Å². The quantitative estimate of drug-likeness (QED) is 0.745. The molecule has 0 unspecified atom stereocenters. The summed E-state index contributed by atoms with van der Waals surface area (Å²) in [6.45, 7) is 10.1. The second-order valence-electron chi connectivity index (χ2n) is 10.2. The molecule has 0 aromatic heterocycles. The Morgan fingerprint density at radius 3 is 2.27 bits per heavy atom. The molecule has 166 valence electrons. The molecule has 0 spiro atoms. The van der Waals surface area contributed by atoms with Gasteiger partial charge in [0.2, 0.25) is 11.8 Å². The molecule has 1 N–H and O–H groups in total. The van der Waals surface area contributed by atoms with Gasteiger partial charge in [-0.3, -0.25) is 14.5 Å². The molecule has 1 atom stereocenters. The van der Waals surface area contributed by atoms with E-state index in [1.807, 2.05) is 23.1 Å². The Hall–Kier alpha value is -1.88. The van der Waals surface area contributed by atoms with Crippen LogP contribution in [0.15, 0.2) is 30.3 Å². The Morgan fingerprint density at radius 2 is 1.67 bits per heavy atom. The maximum atomic E-state index is 13.2. The average Bonchev–Trinajstić information content (AvgIpc) is 3.22. The van der Waals surface area contributed by atoms with Crippen molar-refractivity contribution in [1.82, 2.24) is 15.1 Å². The average molecular weight is 414 g/mol. The minimum atomic E-state index is -0.0526. The number of amides is 2. The van der Waals surface area contributed by atoms with Gasteiger partial charge in [0.15, 0.2) is 0 Å². The molecule has 1 saturated heterocycles. The van der Waals surface area contributed by atoms with Gasteiger partial charge in [-0.25, -0.2) is 0 Å². The summed E-state index contributed by atoms with van der Waals surface area (Å²) in [4.78, 5) is 30.1. The SMILES string of the molecule is CC(C)(C)CC(=O)N1CCN([C@H](C(=O)NCCc2ccccc2)C2CCCC2)CC1. The number of carbonyl (C=O) groups excluding carboxylic acids is 2. The highest BCUT2D eigenvalue weighted by molar-refractivity contribution is 5.82. The maximum Gasteiger partial charge on any atom is 0.237 e. The number of nitrogens with zero attached hydrogens (tertiary/aromatic N) is 2. The molecule has 1 aliphatic carbocycles. The summed E-state index contributed by atoms with van der Waals surface area (Å²) in [5, 5.41) is 3.21. The number of rotatable bonds is 7. The molecule has 30 heavy (non-hydrogen) atoms. The molecule has 2 aliphatic rings. The molecule has 1 aromatic carbocycles. The van der Waals surface area contributed by atoms with E-state index in [1.54, 1.807) is 0 Å². The van der Waals surface area contributed by atoms with Gasteiger partial charge in [-0.15, -0.1) is 0 Å². The van der Waals surface area contributed by atoms with E-state index in [0.717, 1.165) is 45.4 Å². The zero-order valence-corrected chi connectivity index (χ0v) is 19.0. The van der Waals surface area contributed by atoms with Crippen molar-refractivity contribution in [3.8, 4) is 0 Å². The molecule has 3 rings (SSSR count). The van der Waals surface area contributed by atoms with Gasteiger partial charge in [0.25, 0.3) is 0 Å². The van der Waals surface area contributed by atoms with E-state index in [4.69, 9.17) is 0 Å². The fraction of sp³-hybridized carbons (Fsp3) is 0.680. The molecular formula is C25H39N3O2. The van der Waals surface area contributed by atoms with Gasteiger partial charge in [0.1, 0.15) is 0 Å². The molecular weight excluding hydrogens is 374 g/mol. The Kier molecular flexibility index (Phi) is 7.93. The lowest BCUT2D eigenvalue weighted by Crippen LogP contribution is -2.58. The summed E-state index contributed by atoms with van der Waals surface area (Å²) in [6, 6.07) is 10.3. The van der Waals surface area contributed by atoms with Gasteiger partial charge in [-0.2, -0.15) is 0 Å². The predicted molar refractivity (Wildman–Crippen MR) is 121 cm³/mol. The Morgan fingerprint density at radius 1 is 1.03 bits per heavy atom. The number of hydrogen-bond acceptors (Lipinski definition) is 3. The van der Waals surface area contributed by atoms with Gasteiger partial charge in [-0.1, -0.05) is 63.9 Å². The van der Waals surface area contributed by atoms with Crippen molar-refractivity contribution in [2.24, 2.45) is 11.3 Å². The zero-order valence-electron chi connectivity index (χ0n) is 19.0. The maximum absolute atomic E-state index is 13.2. The molecule has 1 aliphatic heterocycles. The molecule has 2 amide bonds. The van der Waals surface area contributed by atoms with Crippen LogP contribution in [0.5, 0.6) is 0 Å². The smallest absolute Gasteiger partial charge is 0.237 e. The van der Waals surface area contributed by atoms with E-state index < -0.39 is 0 Å². The van der Waals surface area contributed by atoms with Crippen molar-refractivity contribution in [3.05, 3.63) is 35.9 Å². The van der Waals surface area contributed by atoms with E-state index >= 15 is 0 Å². The first-order valence-electron chi connectivity index (χ1n) is 11.7. The number of carbonyl (C=O) groups is 2. The minimum Gasteiger partial charge on any atom is -0.354 e. The Bertz CT molecular complexity index is 684. The van der Waals surface area contributed by atoms with Crippen molar-refractivity contribution in [3.63, 3.8) is 0 Å². The van der Waals surface area contributed by atoms with Crippen molar-refractivity contribution in [2.45, 2.75) is 65.3 Å². The van der Waals surface area contributed by atoms with E-state index in [1.165, 1.54) is 18.4 Å². The first kappa shape index (κ1) is 22.8. The van der Waals surface area contributed by atoms with Crippen LogP contribution in [-0.4, -0.2) is 60.4 Å². The Labute approximate surface area is 182 Å². The fourth-order valence-electron chi connectivity index (χ4n) is 4.85. The molecule has 0 bridgehead atoms. The van der Waals surface area contributed by atoms with E-state index in [0.29, 0.717) is 18.9 Å². The molecule has 1 saturated carbocycles. The largest absolute Gasteiger partial charge is 0.354 e. The van der Waals surface area contributed by atoms with Crippen LogP contribution in [0.25, 0.3) is 0 Å². The molecule has 1 aromatic rings. The summed E-state index contributed by atoms with van der Waals surface area (Å²) in [6.07, 6.45) is 6.17. The van der Waals surface area contributed by atoms with Crippen LogP contribution in [0.2, 0.25) is 0 Å². The van der Waals surface area contributed by atoms with Crippen LogP contribution in [0.3, 0.4) is 0 Å². The molecule has 5 heteroatoms. The van der Waals surface area contributed by atoms with Gasteiger partial charge < -0.3 is 10.2 Å². The number of hydrogen-bond donors (Lipinski definition) is 1. The van der Waals surface area contributed by atoms with Crippen LogP contribution in [0.4, 0.5) is 0 Å². The first-order valence-corrected chi connectivity index (χ1v) is 11.7. The summed E-state index contributed by atoms with van der Waals surface area (Å²) in [5.41, 5.74) is 1.26. The predicted octanol–water partition coefficient (Wildman–Crippen LogP) is 3.48. The van der Waals surface area contributed by atoms with E-state index in [9.17, 15) is 9.59 Å². The highest BCUT2D eigenvalue weighted by Crippen LogP contribution is 2.31. The van der Waals surface area contributed by atoms with Crippen LogP contribution in [-0.2, 0) is 16.0 Å². The third-order valence-electron chi connectivity index (χ3n) is 6.41. The lowest BCUT2D eigenvalue weighted by molar-refractivity contribution is -0.136. The monoisotopic (exact) mass is 413 g/mol. The van der Waals surface area contributed by atoms with Crippen molar-refractivity contribution < 1.29 is 9.59 Å². The highest BCUT2D eigenvalue weighted by Gasteiger charge is 2.37. The minimum absolute atomic E-state index is 0.0131. The normalized spacial score (nSPS) is 19.6. The zero-order chi connectivity index (χ0) is 21.6. The summed E-state index contributed by atoms with van der Waals surface area (Å²) in [5.74, 6) is 0.859. The molecule has 5 nitrogen and oxygen atoms in total. The second kappa shape index (κ2) is 10.4. The standard InChI is InChI=1S/C25H39N3O2/c1-25(2,3)19-22(29)27-15-17-28(18-16-27)23(21-11-7-8-12-21)24(30)26-14-13-20-9-5-4-6-10-20/h4-6,9-10,21,23H,7-8,11-19H2,1-3H3,(H,26,30)/t23-/m0/s1. The fourth-order valence-corrected chi connectivity index (χ4v) is 4.85. The van der Waals surface area contributed by atoms with Crippen molar-refractivity contribution >= 4 is 11.8 Å². The van der Waals surface area contributed by atoms with Gasteiger partial charge >= 0.3 is 0 Å². The Balaban J connectivity index is 1.55. The van der Waals surface area contributed by atoms with Crippen molar-refractivity contribution in [2.75, 3.05) is 32.7 Å². The third-order valence-corrected chi connectivity index (χ3v) is 6.41. The lowest BCUT2D eigenvalue weighted by Gasteiger charge is -2.41. The summed E-state index contributed by atoms with van der Waals surface area (Å²) < 4.78 is 0. The van der Waals surface area contributed by atoms with Crippen LogP contribution in [0, 0.1) is 11.3 Å². The van der Waals surface area contributed by atoms with Gasteiger partial charge in [0.05, 0.1) is 6.04 Å².